The van der Waals surface area contributed by atoms with Gasteiger partial charge in [-0.25, -0.2) is 4.98 Å². The van der Waals surface area contributed by atoms with Gasteiger partial charge in [0.15, 0.2) is 5.76 Å². The third-order valence-corrected chi connectivity index (χ3v) is 11.0. The monoisotopic (exact) mass is 595 g/mol. The second-order valence-electron chi connectivity index (χ2n) is 13.2. The lowest BCUT2D eigenvalue weighted by atomic mass is 9.70. The molecule has 3 aliphatic rings. The summed E-state index contributed by atoms with van der Waals surface area (Å²) in [5.74, 6) is 2.37. The normalized spacial score (nSPS) is 23.3. The van der Waals surface area contributed by atoms with E-state index in [4.69, 9.17) is 14.2 Å². The molecular weight excluding hydrogens is 550 g/mol. The number of nitrogens with zero attached hydrogens (tertiary/aromatic N) is 5. The zero-order chi connectivity index (χ0) is 30.3. The van der Waals surface area contributed by atoms with Crippen LogP contribution in [0.15, 0.2) is 59.1 Å². The van der Waals surface area contributed by atoms with Crippen molar-refractivity contribution in [3.05, 3.63) is 77.3 Å². The van der Waals surface area contributed by atoms with Crippen molar-refractivity contribution >= 4 is 16.9 Å². The van der Waals surface area contributed by atoms with E-state index in [1.807, 2.05) is 11.8 Å². The number of para-hydroxylation sites is 2. The maximum atomic E-state index is 13.4. The molecule has 1 amide bonds. The second kappa shape index (κ2) is 12.0. The summed E-state index contributed by atoms with van der Waals surface area (Å²) >= 11 is 0. The van der Waals surface area contributed by atoms with Gasteiger partial charge in [0, 0.05) is 31.2 Å². The van der Waals surface area contributed by atoms with Crippen LogP contribution in [0.4, 0.5) is 0 Å². The number of aromatic nitrogens is 3. The number of fused-ring (bicyclic) bond motifs is 3. The number of hydrogen-bond acceptors (Lipinski definition) is 6. The lowest BCUT2D eigenvalue weighted by Crippen LogP contribution is -2.49. The highest BCUT2D eigenvalue weighted by atomic mass is 16.5. The van der Waals surface area contributed by atoms with E-state index < -0.39 is 0 Å². The Labute approximate surface area is 260 Å². The molecule has 7 rings (SSSR count). The molecule has 5 heterocycles. The molecular formula is C36H45N5O3. The Kier molecular flexibility index (Phi) is 7.95. The number of rotatable bonds is 9. The van der Waals surface area contributed by atoms with Gasteiger partial charge < -0.3 is 18.7 Å². The van der Waals surface area contributed by atoms with E-state index in [9.17, 15) is 4.79 Å². The molecule has 0 aliphatic carbocycles. The van der Waals surface area contributed by atoms with Crippen LogP contribution in [0.5, 0.6) is 5.88 Å². The van der Waals surface area contributed by atoms with Gasteiger partial charge in [-0.05, 0) is 93.1 Å². The highest BCUT2D eigenvalue weighted by molar-refractivity contribution is 5.79. The van der Waals surface area contributed by atoms with Crippen LogP contribution < -0.4 is 4.74 Å². The fourth-order valence-electron chi connectivity index (χ4n) is 8.67. The molecule has 1 unspecified atom stereocenters. The van der Waals surface area contributed by atoms with Crippen LogP contribution in [0.1, 0.15) is 80.6 Å². The molecule has 44 heavy (non-hydrogen) atoms. The number of carbonyl (C=O) groups is 1. The summed E-state index contributed by atoms with van der Waals surface area (Å²) in [6, 6.07) is 21.4. The van der Waals surface area contributed by atoms with E-state index in [-0.39, 0.29) is 17.7 Å². The lowest BCUT2D eigenvalue weighted by molar-refractivity contribution is -0.132. The molecule has 0 saturated carbocycles. The third kappa shape index (κ3) is 5.21. The first-order chi connectivity index (χ1) is 21.5. The van der Waals surface area contributed by atoms with Gasteiger partial charge in [0.05, 0.1) is 30.1 Å². The number of carbonyl (C=O) groups excluding carboxylic acids is 1. The van der Waals surface area contributed by atoms with E-state index in [1.165, 1.54) is 36.8 Å². The smallest absolute Gasteiger partial charge is 0.257 e. The number of hydrogen-bond donors (Lipinski definition) is 0. The number of benzene rings is 2. The molecule has 3 fully saturated rings. The SMILES string of the molecule is CCc1c(OC)noc1CC(=O)N1CCC(CCN2[C@@H]3CC[C@H]2CC(n2c(C)nc4ccccc42)C3)(c2ccccc2)CC1. The van der Waals surface area contributed by atoms with Gasteiger partial charge in [-0.3, -0.25) is 9.69 Å². The Morgan fingerprint density at radius 1 is 1.00 bits per heavy atom. The van der Waals surface area contributed by atoms with Crippen molar-refractivity contribution in [2.24, 2.45) is 0 Å². The molecule has 2 bridgehead atoms. The maximum absolute atomic E-state index is 13.4. The maximum Gasteiger partial charge on any atom is 0.257 e. The largest absolute Gasteiger partial charge is 0.479 e. The minimum atomic E-state index is 0.0789. The average molecular weight is 596 g/mol. The zero-order valence-electron chi connectivity index (χ0n) is 26.4. The molecule has 2 aromatic carbocycles. The first kappa shape index (κ1) is 29.1. The first-order valence-corrected chi connectivity index (χ1v) is 16.5. The Balaban J connectivity index is 1.03. The van der Waals surface area contributed by atoms with Crippen molar-refractivity contribution in [3.8, 4) is 5.88 Å². The molecule has 8 heteroatoms. The van der Waals surface area contributed by atoms with E-state index in [1.54, 1.807) is 7.11 Å². The molecule has 4 aromatic rings. The van der Waals surface area contributed by atoms with Gasteiger partial charge in [-0.2, -0.15) is 0 Å². The van der Waals surface area contributed by atoms with E-state index in [2.05, 4.69) is 76.1 Å². The van der Waals surface area contributed by atoms with Crippen LogP contribution in [0.3, 0.4) is 0 Å². The summed E-state index contributed by atoms with van der Waals surface area (Å²) in [4.78, 5) is 23.2. The van der Waals surface area contributed by atoms with Crippen LogP contribution in [-0.2, 0) is 23.1 Å². The first-order valence-electron chi connectivity index (χ1n) is 16.5. The van der Waals surface area contributed by atoms with Crippen LogP contribution in [0.25, 0.3) is 11.0 Å². The van der Waals surface area contributed by atoms with Crippen molar-refractivity contribution in [3.63, 3.8) is 0 Å². The number of methoxy groups -OCH3 is 1. The van der Waals surface area contributed by atoms with Crippen molar-refractivity contribution in [1.82, 2.24) is 24.5 Å². The van der Waals surface area contributed by atoms with Gasteiger partial charge in [0.25, 0.3) is 5.88 Å². The van der Waals surface area contributed by atoms with Crippen molar-refractivity contribution in [1.29, 1.82) is 0 Å². The van der Waals surface area contributed by atoms with E-state index in [0.717, 1.165) is 62.2 Å². The van der Waals surface area contributed by atoms with Gasteiger partial charge in [-0.1, -0.05) is 49.4 Å². The van der Waals surface area contributed by atoms with Crippen LogP contribution in [0.2, 0.25) is 0 Å². The summed E-state index contributed by atoms with van der Waals surface area (Å²) in [5, 5.41) is 4.01. The Hall–Kier alpha value is -3.65. The molecule has 0 N–H and O–H groups in total. The van der Waals surface area contributed by atoms with Crippen molar-refractivity contribution in [2.75, 3.05) is 26.7 Å². The summed E-state index contributed by atoms with van der Waals surface area (Å²) in [5.41, 5.74) is 4.78. The number of aryl methyl sites for hydroxylation is 1. The zero-order valence-corrected chi connectivity index (χ0v) is 26.4. The highest BCUT2D eigenvalue weighted by Crippen LogP contribution is 2.45. The van der Waals surface area contributed by atoms with Gasteiger partial charge in [0.2, 0.25) is 5.91 Å². The van der Waals surface area contributed by atoms with Gasteiger partial charge in [0.1, 0.15) is 5.82 Å². The van der Waals surface area contributed by atoms with Crippen LogP contribution >= 0.6 is 0 Å². The fourth-order valence-corrected chi connectivity index (χ4v) is 8.67. The third-order valence-electron chi connectivity index (χ3n) is 11.0. The van der Waals surface area contributed by atoms with Crippen LogP contribution in [-0.4, -0.2) is 69.2 Å². The predicted molar refractivity (Wildman–Crippen MR) is 171 cm³/mol. The molecule has 3 aliphatic heterocycles. The topological polar surface area (TPSA) is 76.6 Å². The Morgan fingerprint density at radius 2 is 1.70 bits per heavy atom. The Bertz CT molecular complexity index is 1590. The molecule has 232 valence electrons. The minimum absolute atomic E-state index is 0.0789. The second-order valence-corrected chi connectivity index (χ2v) is 13.2. The van der Waals surface area contributed by atoms with Gasteiger partial charge >= 0.3 is 0 Å². The summed E-state index contributed by atoms with van der Waals surface area (Å²) in [7, 11) is 1.59. The van der Waals surface area contributed by atoms with Crippen molar-refractivity contribution in [2.45, 2.75) is 95.2 Å². The predicted octanol–water partition coefficient (Wildman–Crippen LogP) is 6.26. The molecule has 0 radical (unpaired) electrons. The molecule has 8 nitrogen and oxygen atoms in total. The number of likely N-dealkylation sites (tertiary alicyclic amines) is 1. The van der Waals surface area contributed by atoms with E-state index in [0.29, 0.717) is 29.8 Å². The van der Waals surface area contributed by atoms with E-state index >= 15 is 0 Å². The highest BCUT2D eigenvalue weighted by Gasteiger charge is 2.44. The van der Waals surface area contributed by atoms with Gasteiger partial charge in [-0.15, -0.1) is 0 Å². The molecule has 3 saturated heterocycles. The van der Waals surface area contributed by atoms with Crippen molar-refractivity contribution < 1.29 is 14.1 Å². The molecule has 0 spiro atoms. The molecule has 2 aromatic heterocycles. The fraction of sp³-hybridized carbons (Fsp3) is 0.528. The number of amides is 1. The quantitative estimate of drug-likeness (QED) is 0.227. The molecule has 3 atom stereocenters. The summed E-state index contributed by atoms with van der Waals surface area (Å²) in [6.45, 7) is 6.85. The lowest BCUT2D eigenvalue weighted by Gasteiger charge is -2.45. The standard InChI is InChI=1S/C36H45N5O3/c1-4-30-33(44-38-35(30)43-3)24-34(42)39-19-16-36(17-20-39,26-10-6-5-7-11-26)18-21-40-27-14-15-28(40)23-29(22-27)41-25(2)37-31-12-8-9-13-32(31)41/h5-13,27-29H,4,14-24H2,1-3H3/t27-,28+,29?. The minimum Gasteiger partial charge on any atom is -0.479 e. The summed E-state index contributed by atoms with van der Waals surface area (Å²) < 4.78 is 13.4. The number of ether oxygens (including phenoxy) is 1. The number of piperidine rings is 2. The number of imidazole rings is 1. The summed E-state index contributed by atoms with van der Waals surface area (Å²) in [6.07, 6.45) is 9.04. The van der Waals surface area contributed by atoms with Crippen LogP contribution in [0, 0.1) is 6.92 Å². The average Bonchev–Trinajstić information content (AvgIpc) is 3.69. The Morgan fingerprint density at radius 3 is 2.41 bits per heavy atom.